The summed E-state index contributed by atoms with van der Waals surface area (Å²) in [5.41, 5.74) is 0. The van der Waals surface area contributed by atoms with Gasteiger partial charge in [-0.1, -0.05) is 19.3 Å². The monoisotopic (exact) mass is 200 g/mol. The van der Waals surface area contributed by atoms with Crippen molar-refractivity contribution in [2.45, 2.75) is 38.5 Å². The van der Waals surface area contributed by atoms with E-state index in [-0.39, 0.29) is 64.4 Å². The van der Waals surface area contributed by atoms with Crippen LogP contribution in [0.15, 0.2) is 0 Å². The fourth-order valence-corrected chi connectivity index (χ4v) is 0.918. The molecule has 0 saturated heterocycles. The van der Waals surface area contributed by atoms with Crippen LogP contribution in [0, 0.1) is 0 Å². The van der Waals surface area contributed by atoms with E-state index in [1.165, 1.54) is 0 Å². The Bertz CT molecular complexity index is 106. The zero-order valence-corrected chi connectivity index (χ0v) is 6.75. The predicted molar refractivity (Wildman–Crippen MR) is 49.6 cm³/mol. The summed E-state index contributed by atoms with van der Waals surface area (Å²) in [7, 11) is 0. The third-order valence-corrected chi connectivity index (χ3v) is 1.55. The van der Waals surface area contributed by atoms with Crippen molar-refractivity contribution in [1.29, 1.82) is 0 Å². The van der Waals surface area contributed by atoms with Crippen molar-refractivity contribution in [2.75, 3.05) is 6.61 Å². The fraction of sp³-hybridized carbons (Fsp3) is 0.875. The minimum absolute atomic E-state index is 0. The van der Waals surface area contributed by atoms with Gasteiger partial charge in [-0.25, -0.2) is 0 Å². The maximum absolute atomic E-state index is 10.0. The SMILES string of the molecule is O=C(O)CCCCCCCO.[KH]. The molecular formula is C8H17KO3. The number of carboxylic acid groups (broad SMARTS) is 1. The van der Waals surface area contributed by atoms with Gasteiger partial charge in [-0.2, -0.15) is 0 Å². The number of hydrogen-bond donors (Lipinski definition) is 2. The molecular weight excluding hydrogens is 183 g/mol. The Kier molecular flexibility index (Phi) is 15.6. The van der Waals surface area contributed by atoms with Crippen molar-refractivity contribution in [2.24, 2.45) is 0 Å². The Hall–Kier alpha value is 1.07. The van der Waals surface area contributed by atoms with Crippen LogP contribution in [-0.4, -0.2) is 74.2 Å². The van der Waals surface area contributed by atoms with Crippen molar-refractivity contribution in [3.63, 3.8) is 0 Å². The molecule has 0 saturated carbocycles. The summed E-state index contributed by atoms with van der Waals surface area (Å²) in [5.74, 6) is -0.716. The summed E-state index contributed by atoms with van der Waals surface area (Å²) in [6.07, 6.45) is 4.89. The number of carboxylic acids is 1. The Labute approximate surface area is 116 Å². The zero-order valence-electron chi connectivity index (χ0n) is 6.75. The maximum atomic E-state index is 10.0. The molecule has 3 nitrogen and oxygen atoms in total. The number of aliphatic hydroxyl groups excluding tert-OH is 1. The molecule has 2 N–H and O–H groups in total. The van der Waals surface area contributed by atoms with Gasteiger partial charge >= 0.3 is 57.4 Å². The summed E-state index contributed by atoms with van der Waals surface area (Å²) in [5, 5.41) is 16.7. The van der Waals surface area contributed by atoms with Crippen LogP contribution in [0.4, 0.5) is 0 Å². The molecule has 0 aromatic heterocycles. The molecule has 0 aliphatic rings. The summed E-state index contributed by atoms with van der Waals surface area (Å²) in [6.45, 7) is 0.249. The number of carbonyl (C=O) groups is 1. The van der Waals surface area contributed by atoms with Crippen molar-refractivity contribution in [1.82, 2.24) is 0 Å². The third-order valence-electron chi connectivity index (χ3n) is 1.55. The standard InChI is InChI=1S/C8H16O3.K.H/c9-7-5-3-1-2-4-6-8(10)11;;/h9H,1-7H2,(H,10,11);;. The average molecular weight is 200 g/mol. The quantitative estimate of drug-likeness (QED) is 0.471. The summed E-state index contributed by atoms with van der Waals surface area (Å²) in [4.78, 5) is 10.0. The van der Waals surface area contributed by atoms with Crippen molar-refractivity contribution < 1.29 is 15.0 Å². The average Bonchev–Trinajstić information content (AvgIpc) is 1.96. The molecule has 0 atom stereocenters. The van der Waals surface area contributed by atoms with E-state index >= 15 is 0 Å². The Morgan fingerprint density at radius 1 is 1.00 bits per heavy atom. The van der Waals surface area contributed by atoms with Crippen LogP contribution in [0.5, 0.6) is 0 Å². The van der Waals surface area contributed by atoms with Gasteiger partial charge in [-0.05, 0) is 12.8 Å². The van der Waals surface area contributed by atoms with Crippen LogP contribution in [0.25, 0.3) is 0 Å². The van der Waals surface area contributed by atoms with E-state index in [4.69, 9.17) is 10.2 Å². The second kappa shape index (κ2) is 12.1. The molecule has 0 aromatic carbocycles. The first-order chi connectivity index (χ1) is 5.27. The number of unbranched alkanes of at least 4 members (excludes halogenated alkanes) is 4. The Morgan fingerprint density at radius 3 is 2.00 bits per heavy atom. The Balaban J connectivity index is 0. The Morgan fingerprint density at radius 2 is 1.50 bits per heavy atom. The van der Waals surface area contributed by atoms with Crippen molar-refractivity contribution >= 4 is 57.4 Å². The molecule has 12 heavy (non-hydrogen) atoms. The van der Waals surface area contributed by atoms with Crippen LogP contribution < -0.4 is 0 Å². The molecule has 0 aliphatic heterocycles. The molecule has 0 aliphatic carbocycles. The van der Waals surface area contributed by atoms with Crippen LogP contribution in [0.2, 0.25) is 0 Å². The van der Waals surface area contributed by atoms with E-state index < -0.39 is 5.97 Å². The number of rotatable bonds is 7. The van der Waals surface area contributed by atoms with E-state index in [9.17, 15) is 4.79 Å². The van der Waals surface area contributed by atoms with Gasteiger partial charge in [-0.3, -0.25) is 4.79 Å². The normalized spacial score (nSPS) is 9.08. The van der Waals surface area contributed by atoms with Gasteiger partial charge < -0.3 is 10.2 Å². The molecule has 0 bridgehead atoms. The first kappa shape index (κ1) is 15.5. The first-order valence-electron chi connectivity index (χ1n) is 4.10. The topological polar surface area (TPSA) is 57.5 Å². The molecule has 0 amide bonds. The van der Waals surface area contributed by atoms with E-state index in [0.29, 0.717) is 0 Å². The van der Waals surface area contributed by atoms with E-state index in [2.05, 4.69) is 0 Å². The van der Waals surface area contributed by atoms with Crippen molar-refractivity contribution in [3.05, 3.63) is 0 Å². The molecule has 0 radical (unpaired) electrons. The summed E-state index contributed by atoms with van der Waals surface area (Å²) < 4.78 is 0. The molecule has 68 valence electrons. The summed E-state index contributed by atoms with van der Waals surface area (Å²) in [6, 6.07) is 0. The molecule has 0 aromatic rings. The third kappa shape index (κ3) is 13.6. The van der Waals surface area contributed by atoms with Crippen LogP contribution in [0.1, 0.15) is 38.5 Å². The minimum atomic E-state index is -0.716. The van der Waals surface area contributed by atoms with E-state index in [0.717, 1.165) is 32.1 Å². The van der Waals surface area contributed by atoms with Crippen LogP contribution in [0.3, 0.4) is 0 Å². The summed E-state index contributed by atoms with van der Waals surface area (Å²) >= 11 is 0. The van der Waals surface area contributed by atoms with E-state index in [1.807, 2.05) is 0 Å². The first-order valence-corrected chi connectivity index (χ1v) is 4.10. The van der Waals surface area contributed by atoms with Gasteiger partial charge in [0.15, 0.2) is 0 Å². The molecule has 0 rings (SSSR count). The predicted octanol–water partition coefficient (Wildman–Crippen LogP) is 0.755. The van der Waals surface area contributed by atoms with Gasteiger partial charge in [0.2, 0.25) is 0 Å². The molecule has 0 unspecified atom stereocenters. The zero-order chi connectivity index (χ0) is 8.53. The molecule has 0 heterocycles. The molecule has 0 spiro atoms. The molecule has 0 fully saturated rings. The van der Waals surface area contributed by atoms with E-state index in [1.54, 1.807) is 0 Å². The second-order valence-corrected chi connectivity index (χ2v) is 2.64. The number of aliphatic hydroxyl groups is 1. The van der Waals surface area contributed by atoms with Gasteiger partial charge in [0.05, 0.1) is 0 Å². The van der Waals surface area contributed by atoms with Gasteiger partial charge in [0, 0.05) is 13.0 Å². The number of aliphatic carboxylic acids is 1. The van der Waals surface area contributed by atoms with Crippen LogP contribution >= 0.6 is 0 Å². The molecule has 4 heteroatoms. The second-order valence-electron chi connectivity index (χ2n) is 2.64. The van der Waals surface area contributed by atoms with Crippen LogP contribution in [-0.2, 0) is 4.79 Å². The van der Waals surface area contributed by atoms with Gasteiger partial charge in [-0.15, -0.1) is 0 Å². The number of hydrogen-bond acceptors (Lipinski definition) is 2. The van der Waals surface area contributed by atoms with Crippen molar-refractivity contribution in [3.8, 4) is 0 Å². The van der Waals surface area contributed by atoms with Gasteiger partial charge in [0.1, 0.15) is 0 Å². The van der Waals surface area contributed by atoms with Gasteiger partial charge in [0.25, 0.3) is 0 Å². The fourth-order valence-electron chi connectivity index (χ4n) is 0.918.